The van der Waals surface area contributed by atoms with Crippen molar-refractivity contribution in [3.05, 3.63) is 64.9 Å². The van der Waals surface area contributed by atoms with Gasteiger partial charge in [-0.25, -0.2) is 0 Å². The van der Waals surface area contributed by atoms with E-state index >= 15 is 0 Å². The summed E-state index contributed by atoms with van der Waals surface area (Å²) in [5.74, 6) is 0.0806. The van der Waals surface area contributed by atoms with Crippen LogP contribution in [0.3, 0.4) is 0 Å². The molecule has 1 aromatic heterocycles. The van der Waals surface area contributed by atoms with Crippen molar-refractivity contribution in [3.63, 3.8) is 0 Å². The molecule has 1 saturated carbocycles. The van der Waals surface area contributed by atoms with Crippen LogP contribution in [0, 0.1) is 0 Å². The maximum atomic E-state index is 12.8. The Kier molecular flexibility index (Phi) is 6.80. The average molecular weight is 413 g/mol. The first kappa shape index (κ1) is 20.3. The van der Waals surface area contributed by atoms with Gasteiger partial charge in [0.25, 0.3) is 0 Å². The topological polar surface area (TPSA) is 48.5 Å². The van der Waals surface area contributed by atoms with Crippen LogP contribution in [0.4, 0.5) is 0 Å². The molecule has 6 heteroatoms. The van der Waals surface area contributed by atoms with E-state index < -0.39 is 0 Å². The maximum Gasteiger partial charge on any atom is 0.234 e. The summed E-state index contributed by atoms with van der Waals surface area (Å²) in [5.41, 5.74) is 2.25. The second-order valence-electron chi connectivity index (χ2n) is 8.08. The molecular weight excluding hydrogens is 384 g/mol. The second-order valence-corrected chi connectivity index (χ2v) is 8.49. The van der Waals surface area contributed by atoms with Gasteiger partial charge in [-0.05, 0) is 62.0 Å². The number of pyridine rings is 1. The standard InChI is InChI=1S/C23H29ClN4O/c24-21-8-2-1-7-20(21)22(27-12-3-4-13-27)15-26-23(29)17-28(19-9-10-19)16-18-6-5-11-25-14-18/h1-2,5-8,11,14,19,22H,3-4,9-10,12-13,15-17H2,(H,26,29). The highest BCUT2D eigenvalue weighted by atomic mass is 35.5. The zero-order valence-electron chi connectivity index (χ0n) is 16.8. The molecule has 0 bridgehead atoms. The van der Waals surface area contributed by atoms with Crippen molar-refractivity contribution < 1.29 is 4.79 Å². The van der Waals surface area contributed by atoms with Crippen molar-refractivity contribution >= 4 is 17.5 Å². The first-order valence-corrected chi connectivity index (χ1v) is 11.0. The summed E-state index contributed by atoms with van der Waals surface area (Å²) >= 11 is 6.48. The lowest BCUT2D eigenvalue weighted by Crippen LogP contribution is -2.42. The van der Waals surface area contributed by atoms with Crippen molar-refractivity contribution in [2.24, 2.45) is 0 Å². The van der Waals surface area contributed by atoms with Crippen LogP contribution in [0.5, 0.6) is 0 Å². The number of hydrogen-bond acceptors (Lipinski definition) is 4. The smallest absolute Gasteiger partial charge is 0.234 e. The van der Waals surface area contributed by atoms with Gasteiger partial charge in [0.15, 0.2) is 0 Å². The van der Waals surface area contributed by atoms with Gasteiger partial charge in [0, 0.05) is 36.5 Å². The molecule has 1 aromatic carbocycles. The largest absolute Gasteiger partial charge is 0.353 e. The number of rotatable bonds is 9. The van der Waals surface area contributed by atoms with E-state index in [2.05, 4.69) is 32.2 Å². The van der Waals surface area contributed by atoms with Gasteiger partial charge in [-0.2, -0.15) is 0 Å². The number of benzene rings is 1. The summed E-state index contributed by atoms with van der Waals surface area (Å²) in [6.07, 6.45) is 8.41. The molecule has 0 radical (unpaired) electrons. The molecule has 1 unspecified atom stereocenters. The van der Waals surface area contributed by atoms with E-state index in [1.54, 1.807) is 6.20 Å². The summed E-state index contributed by atoms with van der Waals surface area (Å²) in [7, 11) is 0. The van der Waals surface area contributed by atoms with Crippen LogP contribution < -0.4 is 5.32 Å². The molecule has 154 valence electrons. The molecule has 2 heterocycles. The summed E-state index contributed by atoms with van der Waals surface area (Å²) in [6, 6.07) is 12.7. The molecule has 4 rings (SSSR count). The van der Waals surface area contributed by atoms with Gasteiger partial charge in [-0.3, -0.25) is 19.6 Å². The molecule has 0 spiro atoms. The Morgan fingerprint density at radius 2 is 2.00 bits per heavy atom. The monoisotopic (exact) mass is 412 g/mol. The Morgan fingerprint density at radius 3 is 2.69 bits per heavy atom. The predicted octanol–water partition coefficient (Wildman–Crippen LogP) is 3.65. The fourth-order valence-corrected chi connectivity index (χ4v) is 4.43. The molecule has 1 aliphatic heterocycles. The van der Waals surface area contributed by atoms with E-state index in [1.165, 1.54) is 25.7 Å². The number of amides is 1. The van der Waals surface area contributed by atoms with Gasteiger partial charge in [0.2, 0.25) is 5.91 Å². The van der Waals surface area contributed by atoms with Gasteiger partial charge in [-0.15, -0.1) is 0 Å². The third kappa shape index (κ3) is 5.56. The maximum absolute atomic E-state index is 12.8. The van der Waals surface area contributed by atoms with Crippen LogP contribution in [0.2, 0.25) is 5.02 Å². The number of aromatic nitrogens is 1. The molecule has 1 N–H and O–H groups in total. The van der Waals surface area contributed by atoms with E-state index in [-0.39, 0.29) is 11.9 Å². The van der Waals surface area contributed by atoms with Crippen molar-refractivity contribution in [1.29, 1.82) is 0 Å². The number of carbonyl (C=O) groups excluding carboxylic acids is 1. The van der Waals surface area contributed by atoms with Crippen molar-refractivity contribution in [3.8, 4) is 0 Å². The Hall–Kier alpha value is -1.95. The van der Waals surface area contributed by atoms with Crippen molar-refractivity contribution in [1.82, 2.24) is 20.1 Å². The summed E-state index contributed by atoms with van der Waals surface area (Å²) in [6.45, 7) is 3.90. The fourth-order valence-electron chi connectivity index (χ4n) is 4.17. The van der Waals surface area contributed by atoms with Gasteiger partial charge in [0.1, 0.15) is 0 Å². The number of hydrogen-bond donors (Lipinski definition) is 1. The first-order valence-electron chi connectivity index (χ1n) is 10.6. The highest BCUT2D eigenvalue weighted by Crippen LogP contribution is 2.30. The van der Waals surface area contributed by atoms with Crippen LogP contribution >= 0.6 is 11.6 Å². The first-order chi connectivity index (χ1) is 14.2. The molecule has 2 fully saturated rings. The average Bonchev–Trinajstić information content (AvgIpc) is 3.45. The molecule has 29 heavy (non-hydrogen) atoms. The minimum Gasteiger partial charge on any atom is -0.353 e. The molecule has 5 nitrogen and oxygen atoms in total. The number of nitrogens with zero attached hydrogens (tertiary/aromatic N) is 3. The zero-order chi connectivity index (χ0) is 20.1. The second kappa shape index (κ2) is 9.70. The summed E-state index contributed by atoms with van der Waals surface area (Å²) < 4.78 is 0. The van der Waals surface area contributed by atoms with Crippen molar-refractivity contribution in [2.75, 3.05) is 26.2 Å². The van der Waals surface area contributed by atoms with Crippen LogP contribution in [0.1, 0.15) is 42.9 Å². The Balaban J connectivity index is 1.37. The number of halogens is 1. The minimum absolute atomic E-state index is 0.0806. The number of likely N-dealkylation sites (tertiary alicyclic amines) is 1. The van der Waals surface area contributed by atoms with Crippen LogP contribution in [0.15, 0.2) is 48.8 Å². The van der Waals surface area contributed by atoms with Crippen LogP contribution in [0.25, 0.3) is 0 Å². The molecule has 1 saturated heterocycles. The molecule has 1 aliphatic carbocycles. The lowest BCUT2D eigenvalue weighted by atomic mass is 10.1. The highest BCUT2D eigenvalue weighted by Gasteiger charge is 2.31. The van der Waals surface area contributed by atoms with E-state index in [0.29, 0.717) is 19.1 Å². The summed E-state index contributed by atoms with van der Waals surface area (Å²) in [5, 5.41) is 3.96. The highest BCUT2D eigenvalue weighted by molar-refractivity contribution is 6.31. The SMILES string of the molecule is O=C(CN(Cc1cccnc1)C1CC1)NCC(c1ccccc1Cl)N1CCCC1. The molecule has 2 aromatic rings. The third-order valence-corrected chi connectivity index (χ3v) is 6.20. The van der Waals surface area contributed by atoms with Gasteiger partial charge in [0.05, 0.1) is 12.6 Å². The van der Waals surface area contributed by atoms with Gasteiger partial charge < -0.3 is 5.32 Å². The minimum atomic E-state index is 0.0806. The Morgan fingerprint density at radius 1 is 1.21 bits per heavy atom. The summed E-state index contributed by atoms with van der Waals surface area (Å²) in [4.78, 5) is 21.7. The molecule has 2 aliphatic rings. The quantitative estimate of drug-likeness (QED) is 0.682. The fraction of sp³-hybridized carbons (Fsp3) is 0.478. The lowest BCUT2D eigenvalue weighted by molar-refractivity contribution is -0.122. The Bertz CT molecular complexity index is 806. The molecule has 1 amide bonds. The molecule has 1 atom stereocenters. The van der Waals surface area contributed by atoms with E-state index in [4.69, 9.17) is 11.6 Å². The lowest BCUT2D eigenvalue weighted by Gasteiger charge is -2.29. The number of nitrogens with one attached hydrogen (secondary N) is 1. The van der Waals surface area contributed by atoms with Gasteiger partial charge in [-0.1, -0.05) is 35.9 Å². The predicted molar refractivity (Wildman–Crippen MR) is 116 cm³/mol. The van der Waals surface area contributed by atoms with E-state index in [1.807, 2.05) is 30.5 Å². The number of carbonyl (C=O) groups is 1. The Labute approximate surface area is 178 Å². The van der Waals surface area contributed by atoms with Crippen LogP contribution in [-0.4, -0.2) is 52.9 Å². The van der Waals surface area contributed by atoms with Gasteiger partial charge >= 0.3 is 0 Å². The molecular formula is C23H29ClN4O. The van der Waals surface area contributed by atoms with Crippen LogP contribution in [-0.2, 0) is 11.3 Å². The van der Waals surface area contributed by atoms with Crippen molar-refractivity contribution in [2.45, 2.75) is 44.3 Å². The third-order valence-electron chi connectivity index (χ3n) is 5.86. The normalized spacial score (nSPS) is 18.1. The zero-order valence-corrected chi connectivity index (χ0v) is 17.5. The van der Waals surface area contributed by atoms with E-state index in [9.17, 15) is 4.79 Å². The van der Waals surface area contributed by atoms with E-state index in [0.717, 1.165) is 35.8 Å².